The van der Waals surface area contributed by atoms with E-state index >= 15 is 0 Å². The number of rotatable bonds is 7. The van der Waals surface area contributed by atoms with Crippen LogP contribution in [0.4, 0.5) is 0 Å². The molecule has 1 amide bonds. The number of nitrogens with one attached hydrogen (secondary N) is 1. The van der Waals surface area contributed by atoms with Crippen LogP contribution in [0.1, 0.15) is 16.7 Å². The minimum absolute atomic E-state index is 0.0583. The van der Waals surface area contributed by atoms with Crippen LogP contribution in [0.25, 0.3) is 0 Å². The van der Waals surface area contributed by atoms with Gasteiger partial charge in [0.25, 0.3) is 0 Å². The molecule has 3 aromatic rings. The van der Waals surface area contributed by atoms with Crippen LogP contribution >= 0.6 is 0 Å². The third-order valence-electron chi connectivity index (χ3n) is 3.99. The van der Waals surface area contributed by atoms with Gasteiger partial charge in [0.2, 0.25) is 5.91 Å². The first-order valence-electron chi connectivity index (χ1n) is 8.87. The summed E-state index contributed by atoms with van der Waals surface area (Å²) in [4.78, 5) is 11.9. The Bertz CT molecular complexity index is 1200. The van der Waals surface area contributed by atoms with Crippen molar-refractivity contribution in [1.82, 2.24) is 5.43 Å². The maximum atomic E-state index is 12.5. The highest BCUT2D eigenvalue weighted by atomic mass is 32.2. The highest BCUT2D eigenvalue weighted by Crippen LogP contribution is 2.22. The molecule has 0 aromatic heterocycles. The zero-order chi connectivity index (χ0) is 21.4. The lowest BCUT2D eigenvalue weighted by Gasteiger charge is -2.09. The minimum atomic E-state index is -4.10. The number of hydrogen-bond acceptors (Lipinski definition) is 6. The summed E-state index contributed by atoms with van der Waals surface area (Å²) in [5.41, 5.74) is 3.97. The molecular weight excluding hydrogens is 402 g/mol. The Morgan fingerprint density at radius 2 is 1.67 bits per heavy atom. The maximum absolute atomic E-state index is 12.5. The van der Waals surface area contributed by atoms with E-state index in [-0.39, 0.29) is 23.0 Å². The highest BCUT2D eigenvalue weighted by Gasteiger charge is 2.18. The van der Waals surface area contributed by atoms with E-state index in [9.17, 15) is 13.2 Å². The van der Waals surface area contributed by atoms with Crippen LogP contribution in [0.2, 0.25) is 0 Å². The van der Waals surface area contributed by atoms with E-state index in [4.69, 9.17) is 9.44 Å². The Hall–Kier alpha value is -3.96. The molecule has 0 bridgehead atoms. The number of nitrogens with zero attached hydrogens (tertiary/aromatic N) is 2. The fourth-order valence-corrected chi connectivity index (χ4v) is 3.47. The van der Waals surface area contributed by atoms with E-state index in [0.29, 0.717) is 11.1 Å². The average molecular weight is 419 g/mol. The molecular formula is C22H17N3O4S. The van der Waals surface area contributed by atoms with E-state index in [1.165, 1.54) is 36.5 Å². The Balaban J connectivity index is 1.70. The largest absolute Gasteiger partial charge is 0.378 e. The van der Waals surface area contributed by atoms with Crippen molar-refractivity contribution in [2.45, 2.75) is 11.3 Å². The monoisotopic (exact) mass is 419 g/mol. The van der Waals surface area contributed by atoms with Crippen molar-refractivity contribution in [2.24, 2.45) is 5.10 Å². The predicted molar refractivity (Wildman–Crippen MR) is 111 cm³/mol. The molecule has 0 aliphatic heterocycles. The Kier molecular flexibility index (Phi) is 6.57. The summed E-state index contributed by atoms with van der Waals surface area (Å²) in [5.74, 6) is -0.246. The van der Waals surface area contributed by atoms with Gasteiger partial charge in [-0.1, -0.05) is 42.5 Å². The lowest BCUT2D eigenvalue weighted by Crippen LogP contribution is -2.19. The molecule has 0 spiro atoms. The number of benzene rings is 3. The molecule has 0 saturated heterocycles. The van der Waals surface area contributed by atoms with Gasteiger partial charge in [0.1, 0.15) is 4.90 Å². The Labute approximate surface area is 174 Å². The van der Waals surface area contributed by atoms with Crippen molar-refractivity contribution >= 4 is 22.2 Å². The third kappa shape index (κ3) is 5.53. The van der Waals surface area contributed by atoms with Crippen LogP contribution < -0.4 is 9.61 Å². The van der Waals surface area contributed by atoms with Crippen LogP contribution in [0, 0.1) is 11.3 Å². The molecule has 150 valence electrons. The van der Waals surface area contributed by atoms with Crippen LogP contribution in [0.15, 0.2) is 88.9 Å². The fraction of sp³-hybridized carbons (Fsp3) is 0.0455. The summed E-state index contributed by atoms with van der Waals surface area (Å²) < 4.78 is 30.3. The van der Waals surface area contributed by atoms with Crippen LogP contribution in [-0.4, -0.2) is 20.5 Å². The predicted octanol–water partition coefficient (Wildman–Crippen LogP) is 3.02. The first-order chi connectivity index (χ1) is 14.5. The van der Waals surface area contributed by atoms with Gasteiger partial charge in [-0.15, -0.1) is 0 Å². The van der Waals surface area contributed by atoms with Crippen LogP contribution in [0.5, 0.6) is 5.75 Å². The summed E-state index contributed by atoms with van der Waals surface area (Å²) in [5, 5.41) is 12.7. The normalized spacial score (nSPS) is 11.0. The number of nitriles is 1. The second-order valence-corrected chi connectivity index (χ2v) is 7.71. The van der Waals surface area contributed by atoms with Gasteiger partial charge in [0.15, 0.2) is 5.75 Å². The van der Waals surface area contributed by atoms with Gasteiger partial charge in [-0.2, -0.15) is 18.8 Å². The standard InChI is InChI=1S/C22H17N3O4S/c23-15-18-10-12-20(13-11-18)30(27,28)29-21-9-5-4-8-19(21)16-24-25-22(26)14-17-6-2-1-3-7-17/h1-13,16H,14H2,(H,25,26). The molecule has 0 saturated carbocycles. The number of amides is 1. The molecule has 7 nitrogen and oxygen atoms in total. The van der Waals surface area contributed by atoms with E-state index < -0.39 is 10.1 Å². The number of hydrazone groups is 1. The lowest BCUT2D eigenvalue weighted by atomic mass is 10.1. The van der Waals surface area contributed by atoms with E-state index in [0.717, 1.165) is 5.56 Å². The second-order valence-electron chi connectivity index (χ2n) is 6.17. The number of carbonyl (C=O) groups is 1. The Morgan fingerprint density at radius 1 is 1.00 bits per heavy atom. The van der Waals surface area contributed by atoms with Crippen LogP contribution in [0.3, 0.4) is 0 Å². The van der Waals surface area contributed by atoms with E-state index in [2.05, 4.69) is 10.5 Å². The molecule has 1 N–H and O–H groups in total. The molecule has 0 atom stereocenters. The van der Waals surface area contributed by atoms with Gasteiger partial charge in [-0.05, 0) is 42.0 Å². The topological polar surface area (TPSA) is 109 Å². The molecule has 0 fully saturated rings. The molecule has 0 aliphatic rings. The number of hydrogen-bond donors (Lipinski definition) is 1. The highest BCUT2D eigenvalue weighted by molar-refractivity contribution is 7.87. The maximum Gasteiger partial charge on any atom is 0.339 e. The zero-order valence-electron chi connectivity index (χ0n) is 15.7. The summed E-state index contributed by atoms with van der Waals surface area (Å²) in [7, 11) is -4.10. The van der Waals surface area contributed by atoms with E-state index in [1.54, 1.807) is 18.2 Å². The summed E-state index contributed by atoms with van der Waals surface area (Å²) in [6, 6.07) is 22.9. The molecule has 0 unspecified atom stereocenters. The van der Waals surface area contributed by atoms with Crippen molar-refractivity contribution in [2.75, 3.05) is 0 Å². The third-order valence-corrected chi connectivity index (χ3v) is 5.24. The zero-order valence-corrected chi connectivity index (χ0v) is 16.5. The first kappa shape index (κ1) is 20.8. The molecule has 3 aromatic carbocycles. The van der Waals surface area contributed by atoms with Crippen molar-refractivity contribution in [3.05, 3.63) is 95.6 Å². The number of carbonyl (C=O) groups excluding carboxylic acids is 1. The van der Waals surface area contributed by atoms with Gasteiger partial charge in [-0.3, -0.25) is 4.79 Å². The van der Waals surface area contributed by atoms with Crippen molar-refractivity contribution in [3.8, 4) is 11.8 Å². The molecule has 0 heterocycles. The van der Waals surface area contributed by atoms with E-state index in [1.807, 2.05) is 36.4 Å². The molecule has 3 rings (SSSR count). The quantitative estimate of drug-likeness (QED) is 0.360. The van der Waals surface area contributed by atoms with Gasteiger partial charge < -0.3 is 4.18 Å². The van der Waals surface area contributed by atoms with Crippen LogP contribution in [-0.2, 0) is 21.3 Å². The van der Waals surface area contributed by atoms with Crippen molar-refractivity contribution in [1.29, 1.82) is 5.26 Å². The van der Waals surface area contributed by atoms with Gasteiger partial charge >= 0.3 is 10.1 Å². The Morgan fingerprint density at radius 3 is 2.37 bits per heavy atom. The minimum Gasteiger partial charge on any atom is -0.378 e. The van der Waals surface area contributed by atoms with Gasteiger partial charge in [-0.25, -0.2) is 5.43 Å². The summed E-state index contributed by atoms with van der Waals surface area (Å²) >= 11 is 0. The van der Waals surface area contributed by atoms with Gasteiger partial charge in [0.05, 0.1) is 24.3 Å². The molecule has 0 radical (unpaired) electrons. The molecule has 0 aliphatic carbocycles. The molecule has 8 heteroatoms. The van der Waals surface area contributed by atoms with Gasteiger partial charge in [0, 0.05) is 5.56 Å². The number of para-hydroxylation sites is 1. The average Bonchev–Trinajstić information content (AvgIpc) is 2.75. The smallest absolute Gasteiger partial charge is 0.339 e. The fourth-order valence-electron chi connectivity index (χ4n) is 2.52. The summed E-state index contributed by atoms with van der Waals surface area (Å²) in [6.07, 6.45) is 1.48. The lowest BCUT2D eigenvalue weighted by molar-refractivity contribution is -0.120. The molecule has 30 heavy (non-hydrogen) atoms. The summed E-state index contributed by atoms with van der Waals surface area (Å²) in [6.45, 7) is 0. The van der Waals surface area contributed by atoms with Crippen molar-refractivity contribution < 1.29 is 17.4 Å². The first-order valence-corrected chi connectivity index (χ1v) is 10.3. The second kappa shape index (κ2) is 9.49. The SMILES string of the molecule is N#Cc1ccc(S(=O)(=O)Oc2ccccc2C=NNC(=O)Cc2ccccc2)cc1. The van der Waals surface area contributed by atoms with Crippen molar-refractivity contribution in [3.63, 3.8) is 0 Å².